The molecule has 5 rings (SSSR count). The van der Waals surface area contributed by atoms with E-state index in [0.29, 0.717) is 19.3 Å². The molecule has 4 N–H and O–H groups in total. The van der Waals surface area contributed by atoms with E-state index in [-0.39, 0.29) is 67.6 Å². The third kappa shape index (κ3) is 4.83. The van der Waals surface area contributed by atoms with E-state index in [1.165, 1.54) is 0 Å². The van der Waals surface area contributed by atoms with Crippen LogP contribution in [0.1, 0.15) is 78.1 Å². The lowest BCUT2D eigenvalue weighted by atomic mass is 9.45. The number of Topliss-reactive ketones (excluding diaryl/α,β-unsaturated/α-hetero) is 1. The lowest BCUT2D eigenvalue weighted by Crippen LogP contribution is -2.62. The number of hydrogen-bond donors (Lipinski definition) is 4. The minimum atomic E-state index is -1.78. The van der Waals surface area contributed by atoms with Crippen LogP contribution < -0.4 is 0 Å². The van der Waals surface area contributed by atoms with E-state index in [4.69, 9.17) is 4.74 Å². The molecule has 1 saturated heterocycles. The number of β-amino-alcohol motifs (C(OH)–C–C–N with tert-alkyl or cyclic N) is 1. The van der Waals surface area contributed by atoms with E-state index in [9.17, 15) is 44.4 Å². The van der Waals surface area contributed by atoms with Gasteiger partial charge in [0.2, 0.25) is 11.7 Å². The van der Waals surface area contributed by atoms with Crippen molar-refractivity contribution in [1.29, 1.82) is 0 Å². The maximum atomic E-state index is 13.4. The van der Waals surface area contributed by atoms with Gasteiger partial charge in [0.15, 0.2) is 12.4 Å². The predicted octanol–water partition coefficient (Wildman–Crippen LogP) is 1.16. The van der Waals surface area contributed by atoms with Crippen molar-refractivity contribution < 1.29 is 49.1 Å². The van der Waals surface area contributed by atoms with Gasteiger partial charge in [-0.15, -0.1) is 0 Å². The standard InChI is InChI=1S/C30H41NO10/c1-28-9-7-17(32)11-16(28)3-4-19-20-8-10-30(40,29(20,2)13-22(34)26(19)28)23(35)15-41-25(37)6-5-24(36)31-14-18(33)12-21(31)27(38)39/h11,18-22,26,33-34,40H,3-10,12-15H2,1-2H3,(H,38,39)/t18-,19+,20-,21-,22-,26-,28-,29-,30-/m0/s1. The minimum absolute atomic E-state index is 0.00725. The number of carbonyl (C=O) groups is 5. The highest BCUT2D eigenvalue weighted by molar-refractivity contribution is 5.92. The van der Waals surface area contributed by atoms with Crippen molar-refractivity contribution in [3.63, 3.8) is 0 Å². The Kier molecular flexibility index (Phi) is 7.70. The summed E-state index contributed by atoms with van der Waals surface area (Å²) in [6, 6.07) is -1.15. The summed E-state index contributed by atoms with van der Waals surface area (Å²) in [5.74, 6) is -3.13. The van der Waals surface area contributed by atoms with Crippen molar-refractivity contribution in [3.05, 3.63) is 11.6 Å². The lowest BCUT2D eigenvalue weighted by Gasteiger charge is -2.60. The molecule has 9 atom stereocenters. The molecule has 0 aromatic carbocycles. The number of amides is 1. The fourth-order valence-electron chi connectivity index (χ4n) is 9.16. The number of nitrogens with zero attached hydrogens (tertiary/aromatic N) is 1. The topological polar surface area (TPSA) is 179 Å². The van der Waals surface area contributed by atoms with Crippen LogP contribution in [0.3, 0.4) is 0 Å². The van der Waals surface area contributed by atoms with Crippen molar-refractivity contribution in [2.75, 3.05) is 13.2 Å². The number of fused-ring (bicyclic) bond motifs is 5. The van der Waals surface area contributed by atoms with Gasteiger partial charge in [0.1, 0.15) is 11.6 Å². The van der Waals surface area contributed by atoms with Crippen LogP contribution in [0, 0.1) is 28.6 Å². The molecule has 3 saturated carbocycles. The molecule has 11 nitrogen and oxygen atoms in total. The molecule has 41 heavy (non-hydrogen) atoms. The van der Waals surface area contributed by atoms with Crippen LogP contribution in [0.4, 0.5) is 0 Å². The summed E-state index contributed by atoms with van der Waals surface area (Å²) in [4.78, 5) is 62.8. The molecule has 11 heteroatoms. The van der Waals surface area contributed by atoms with Gasteiger partial charge in [-0.2, -0.15) is 0 Å². The van der Waals surface area contributed by atoms with E-state index < -0.39 is 59.5 Å². The Labute approximate surface area is 238 Å². The summed E-state index contributed by atoms with van der Waals surface area (Å²) in [5.41, 5.74) is -1.86. The third-order valence-electron chi connectivity index (χ3n) is 11.3. The number of carboxylic acid groups (broad SMARTS) is 1. The zero-order valence-electron chi connectivity index (χ0n) is 23.7. The van der Waals surface area contributed by atoms with Gasteiger partial charge in [-0.25, -0.2) is 4.79 Å². The zero-order valence-corrected chi connectivity index (χ0v) is 23.7. The summed E-state index contributed by atoms with van der Waals surface area (Å²) in [7, 11) is 0. The third-order valence-corrected chi connectivity index (χ3v) is 11.3. The maximum Gasteiger partial charge on any atom is 0.326 e. The van der Waals surface area contributed by atoms with Crippen molar-refractivity contribution >= 4 is 29.4 Å². The fraction of sp³-hybridized carbons (Fsp3) is 0.767. The molecule has 0 aromatic heterocycles. The van der Waals surface area contributed by atoms with Crippen LogP contribution in [-0.4, -0.2) is 91.7 Å². The molecule has 4 aliphatic carbocycles. The first kappa shape index (κ1) is 29.8. The van der Waals surface area contributed by atoms with Crippen molar-refractivity contribution in [2.24, 2.45) is 28.6 Å². The van der Waals surface area contributed by atoms with Gasteiger partial charge >= 0.3 is 11.9 Å². The second kappa shape index (κ2) is 10.6. The van der Waals surface area contributed by atoms with Gasteiger partial charge in [-0.1, -0.05) is 19.4 Å². The number of carbonyl (C=O) groups excluding carboxylic acids is 4. The highest BCUT2D eigenvalue weighted by atomic mass is 16.5. The average molecular weight is 576 g/mol. The number of aliphatic hydroxyl groups is 3. The number of carboxylic acids is 1. The molecule has 5 aliphatic rings. The number of likely N-dealkylation sites (tertiary alicyclic amines) is 1. The molecule has 0 spiro atoms. The highest BCUT2D eigenvalue weighted by Crippen LogP contribution is 2.67. The SMILES string of the molecule is C[C@]12CCC(=O)C=C1CC[C@H]1[C@H]2[C@@H](O)C[C@@]2(C)[C@H]1CC[C@]2(O)C(=O)COC(=O)CCC(=O)N1C[C@@H](O)C[C@H]1C(=O)O. The maximum absolute atomic E-state index is 13.4. The molecular weight excluding hydrogens is 534 g/mol. The lowest BCUT2D eigenvalue weighted by molar-refractivity contribution is -0.184. The van der Waals surface area contributed by atoms with Crippen LogP contribution in [-0.2, 0) is 28.7 Å². The molecule has 1 heterocycles. The number of ketones is 2. The van der Waals surface area contributed by atoms with Crippen LogP contribution in [0.15, 0.2) is 11.6 Å². The summed E-state index contributed by atoms with van der Waals surface area (Å²) in [6.07, 6.45) is 2.99. The Balaban J connectivity index is 1.21. The van der Waals surface area contributed by atoms with E-state index in [1.54, 1.807) is 6.08 Å². The zero-order chi connectivity index (χ0) is 29.9. The molecule has 1 amide bonds. The first-order valence-corrected chi connectivity index (χ1v) is 14.7. The number of aliphatic hydroxyl groups excluding tert-OH is 2. The number of allylic oxidation sites excluding steroid dienone is 1. The smallest absolute Gasteiger partial charge is 0.326 e. The van der Waals surface area contributed by atoms with Gasteiger partial charge in [0.25, 0.3) is 0 Å². The molecule has 1 aliphatic heterocycles. The average Bonchev–Trinajstić information content (AvgIpc) is 3.43. The Morgan fingerprint density at radius 1 is 1.07 bits per heavy atom. The van der Waals surface area contributed by atoms with Gasteiger partial charge in [0.05, 0.1) is 18.6 Å². The molecule has 4 fully saturated rings. The largest absolute Gasteiger partial charge is 0.480 e. The van der Waals surface area contributed by atoms with Crippen LogP contribution in [0.5, 0.6) is 0 Å². The molecule has 0 aromatic rings. The summed E-state index contributed by atoms with van der Waals surface area (Å²) >= 11 is 0. The summed E-state index contributed by atoms with van der Waals surface area (Å²) < 4.78 is 5.16. The number of hydrogen-bond acceptors (Lipinski definition) is 9. The second-order valence-electron chi connectivity index (χ2n) is 13.3. The minimum Gasteiger partial charge on any atom is -0.480 e. The van der Waals surface area contributed by atoms with Gasteiger partial charge in [-0.05, 0) is 67.8 Å². The first-order chi connectivity index (χ1) is 19.2. The number of aliphatic carboxylic acids is 1. The number of rotatable bonds is 7. The molecule has 0 unspecified atom stereocenters. The van der Waals surface area contributed by atoms with Crippen LogP contribution >= 0.6 is 0 Å². The molecule has 0 radical (unpaired) electrons. The molecular formula is C30H41NO10. The van der Waals surface area contributed by atoms with Crippen molar-refractivity contribution in [3.8, 4) is 0 Å². The van der Waals surface area contributed by atoms with Gasteiger partial charge in [0, 0.05) is 31.2 Å². The quantitative estimate of drug-likeness (QED) is 0.322. The molecule has 226 valence electrons. The normalized spacial score (nSPS) is 41.6. The highest BCUT2D eigenvalue weighted by Gasteiger charge is 2.68. The Morgan fingerprint density at radius 3 is 2.51 bits per heavy atom. The Hall–Kier alpha value is -2.63. The summed E-state index contributed by atoms with van der Waals surface area (Å²) in [5, 5.41) is 42.3. The summed E-state index contributed by atoms with van der Waals surface area (Å²) in [6.45, 7) is 3.20. The van der Waals surface area contributed by atoms with Gasteiger partial charge in [-0.3, -0.25) is 19.2 Å². The van der Waals surface area contributed by atoms with E-state index >= 15 is 0 Å². The van der Waals surface area contributed by atoms with Crippen molar-refractivity contribution in [1.82, 2.24) is 4.90 Å². The van der Waals surface area contributed by atoms with Crippen LogP contribution in [0.25, 0.3) is 0 Å². The monoisotopic (exact) mass is 575 g/mol. The number of esters is 1. The molecule has 0 bridgehead atoms. The van der Waals surface area contributed by atoms with Crippen LogP contribution in [0.2, 0.25) is 0 Å². The van der Waals surface area contributed by atoms with E-state index in [2.05, 4.69) is 6.92 Å². The fourth-order valence-corrected chi connectivity index (χ4v) is 9.16. The first-order valence-electron chi connectivity index (χ1n) is 14.7. The van der Waals surface area contributed by atoms with E-state index in [0.717, 1.165) is 23.3 Å². The Bertz CT molecular complexity index is 1180. The van der Waals surface area contributed by atoms with Gasteiger partial charge < -0.3 is 30.1 Å². The predicted molar refractivity (Wildman–Crippen MR) is 142 cm³/mol. The number of ether oxygens (including phenoxy) is 1. The Morgan fingerprint density at radius 2 is 1.80 bits per heavy atom. The van der Waals surface area contributed by atoms with Crippen molar-refractivity contribution in [2.45, 2.75) is 102 Å². The van der Waals surface area contributed by atoms with E-state index in [1.807, 2.05) is 6.92 Å². The second-order valence-corrected chi connectivity index (χ2v) is 13.3.